The van der Waals surface area contributed by atoms with Crippen molar-refractivity contribution in [1.29, 1.82) is 0 Å². The van der Waals surface area contributed by atoms with Crippen LogP contribution < -0.4 is 10.6 Å². The van der Waals surface area contributed by atoms with Gasteiger partial charge in [0.05, 0.1) is 12.4 Å². The van der Waals surface area contributed by atoms with Gasteiger partial charge in [-0.15, -0.1) is 5.10 Å². The van der Waals surface area contributed by atoms with E-state index in [2.05, 4.69) is 37.8 Å². The number of hydrogen-bond donors (Lipinski definition) is 2. The second kappa shape index (κ2) is 10.3. The van der Waals surface area contributed by atoms with Crippen molar-refractivity contribution in [1.82, 2.24) is 19.7 Å². The molecule has 154 valence electrons. The fraction of sp³-hybridized carbons (Fsp3) is 0.650. The van der Waals surface area contributed by atoms with E-state index < -0.39 is 0 Å². The monoisotopic (exact) mass is 388 g/mol. The molecule has 1 fully saturated rings. The maximum atomic E-state index is 11.1. The van der Waals surface area contributed by atoms with E-state index in [0.717, 1.165) is 38.1 Å². The third-order valence-corrected chi connectivity index (χ3v) is 4.97. The molecule has 0 aromatic carbocycles. The molecule has 2 aliphatic rings. The zero-order valence-electron chi connectivity index (χ0n) is 17.0. The van der Waals surface area contributed by atoms with E-state index in [1.165, 1.54) is 44.8 Å². The molecule has 0 unspecified atom stereocenters. The van der Waals surface area contributed by atoms with Gasteiger partial charge in [-0.05, 0) is 44.8 Å². The summed E-state index contributed by atoms with van der Waals surface area (Å²) in [6.07, 6.45) is 11.4. The van der Waals surface area contributed by atoms with E-state index in [4.69, 9.17) is 4.74 Å². The van der Waals surface area contributed by atoms with Crippen LogP contribution in [0.15, 0.2) is 23.5 Å². The summed E-state index contributed by atoms with van der Waals surface area (Å²) in [5, 5.41) is 9.95. The number of carbonyl (C=O) groups excluding carboxylic acids is 1. The Morgan fingerprint density at radius 3 is 2.86 bits per heavy atom. The first-order valence-electron chi connectivity index (χ1n) is 10.2. The van der Waals surface area contributed by atoms with Gasteiger partial charge in [0.15, 0.2) is 0 Å². The first-order chi connectivity index (χ1) is 13.6. The van der Waals surface area contributed by atoms with Crippen LogP contribution in [0.25, 0.3) is 0 Å². The number of amides is 1. The molecule has 1 aromatic rings. The normalized spacial score (nSPS) is 17.6. The summed E-state index contributed by atoms with van der Waals surface area (Å²) in [5.41, 5.74) is 1.49. The molecule has 1 aromatic heterocycles. The van der Waals surface area contributed by atoms with Gasteiger partial charge in [-0.1, -0.05) is 18.1 Å². The molecular formula is C20H32N6O2. The maximum absolute atomic E-state index is 11.1. The molecule has 0 spiro atoms. The number of carbonyl (C=O) groups is 1. The topological polar surface area (TPSA) is 84.3 Å². The Morgan fingerprint density at radius 2 is 2.07 bits per heavy atom. The highest BCUT2D eigenvalue weighted by Crippen LogP contribution is 2.22. The molecule has 0 radical (unpaired) electrons. The zero-order valence-corrected chi connectivity index (χ0v) is 17.0. The van der Waals surface area contributed by atoms with Crippen molar-refractivity contribution in [3.8, 4) is 0 Å². The molecule has 0 saturated carbocycles. The second-order valence-corrected chi connectivity index (χ2v) is 7.47. The largest absolute Gasteiger partial charge is 0.498 e. The van der Waals surface area contributed by atoms with E-state index in [1.54, 1.807) is 11.7 Å². The zero-order chi connectivity index (χ0) is 19.8. The van der Waals surface area contributed by atoms with Gasteiger partial charge < -0.3 is 10.1 Å². The molecule has 1 aliphatic carbocycles. The molecule has 28 heavy (non-hydrogen) atoms. The fourth-order valence-electron chi connectivity index (χ4n) is 3.58. The lowest BCUT2D eigenvalue weighted by atomic mass is 10.0. The molecule has 2 N–H and O–H groups in total. The second-order valence-electron chi connectivity index (χ2n) is 7.47. The molecule has 8 heteroatoms. The average molecular weight is 389 g/mol. The van der Waals surface area contributed by atoms with Gasteiger partial charge in [-0.3, -0.25) is 15.0 Å². The molecular weight excluding hydrogens is 356 g/mol. The summed E-state index contributed by atoms with van der Waals surface area (Å²) in [6.45, 7) is 6.39. The van der Waals surface area contributed by atoms with E-state index in [9.17, 15) is 4.79 Å². The number of nitrogens with one attached hydrogen (secondary N) is 2. The first-order valence-corrected chi connectivity index (χ1v) is 10.2. The number of likely N-dealkylation sites (tertiary alicyclic amines) is 1. The van der Waals surface area contributed by atoms with Crippen molar-refractivity contribution in [2.24, 2.45) is 7.05 Å². The van der Waals surface area contributed by atoms with Gasteiger partial charge in [0.2, 0.25) is 11.9 Å². The Hall–Kier alpha value is -2.35. The van der Waals surface area contributed by atoms with Gasteiger partial charge in [0, 0.05) is 33.5 Å². The number of anilines is 2. The Kier molecular flexibility index (Phi) is 7.47. The molecule has 2 heterocycles. The Bertz CT molecular complexity index is 718. The van der Waals surface area contributed by atoms with Gasteiger partial charge in [-0.25, -0.2) is 4.68 Å². The lowest BCUT2D eigenvalue weighted by Gasteiger charge is -2.28. The Labute approximate surface area is 167 Å². The predicted molar refractivity (Wildman–Crippen MR) is 110 cm³/mol. The van der Waals surface area contributed by atoms with Crippen LogP contribution in [0.1, 0.15) is 45.4 Å². The van der Waals surface area contributed by atoms with Crippen molar-refractivity contribution in [2.45, 2.75) is 45.4 Å². The van der Waals surface area contributed by atoms with Crippen LogP contribution in [-0.4, -0.2) is 58.4 Å². The number of allylic oxidation sites excluding steroid dienone is 3. The summed E-state index contributed by atoms with van der Waals surface area (Å²) in [5.74, 6) is 1.86. The molecule has 0 atom stereocenters. The smallest absolute Gasteiger partial charge is 0.250 e. The molecule has 0 bridgehead atoms. The van der Waals surface area contributed by atoms with Crippen LogP contribution >= 0.6 is 0 Å². The average Bonchev–Trinajstić information content (AvgIpc) is 3.01. The first kappa shape index (κ1) is 20.4. The van der Waals surface area contributed by atoms with Gasteiger partial charge >= 0.3 is 0 Å². The number of rotatable bonds is 9. The minimum Gasteiger partial charge on any atom is -0.498 e. The van der Waals surface area contributed by atoms with Crippen LogP contribution in [-0.2, 0) is 16.6 Å². The standard InChI is InChI=1S/C20H32N6O2/c1-16(27)22-19-23-20(25(2)24-19)21-10-7-13-28-18-9-6-8-17(14-18)15-26-11-4-3-5-12-26/h8-9H,3-7,10-15H2,1-2H3,(H2,21,22,23,24,27). The van der Waals surface area contributed by atoms with Crippen molar-refractivity contribution >= 4 is 17.8 Å². The fourth-order valence-corrected chi connectivity index (χ4v) is 3.58. The lowest BCUT2D eigenvalue weighted by Crippen LogP contribution is -2.31. The number of hydrogen-bond acceptors (Lipinski definition) is 6. The van der Waals surface area contributed by atoms with Crippen molar-refractivity contribution in [2.75, 3.05) is 43.4 Å². The Balaban J connectivity index is 1.32. The molecule has 1 aliphatic heterocycles. The van der Waals surface area contributed by atoms with Crippen molar-refractivity contribution in [3.63, 3.8) is 0 Å². The number of ether oxygens (including phenoxy) is 1. The third kappa shape index (κ3) is 6.37. The lowest BCUT2D eigenvalue weighted by molar-refractivity contribution is -0.114. The maximum Gasteiger partial charge on any atom is 0.250 e. The van der Waals surface area contributed by atoms with E-state index in [1.807, 2.05) is 0 Å². The number of piperidine rings is 1. The van der Waals surface area contributed by atoms with Crippen molar-refractivity contribution in [3.05, 3.63) is 23.5 Å². The summed E-state index contributed by atoms with van der Waals surface area (Å²) in [6, 6.07) is 0. The van der Waals surface area contributed by atoms with Crippen molar-refractivity contribution < 1.29 is 9.53 Å². The van der Waals surface area contributed by atoms with Gasteiger partial charge in [0.1, 0.15) is 0 Å². The predicted octanol–water partition coefficient (Wildman–Crippen LogP) is 2.68. The molecule has 8 nitrogen and oxygen atoms in total. The van der Waals surface area contributed by atoms with Crippen LogP contribution in [0, 0.1) is 0 Å². The molecule has 1 saturated heterocycles. The van der Waals surface area contributed by atoms with Crippen LogP contribution in [0.5, 0.6) is 0 Å². The van der Waals surface area contributed by atoms with Gasteiger partial charge in [0.25, 0.3) is 5.95 Å². The van der Waals surface area contributed by atoms with E-state index in [-0.39, 0.29) is 5.91 Å². The summed E-state index contributed by atoms with van der Waals surface area (Å²) < 4.78 is 7.61. The minimum absolute atomic E-state index is 0.181. The summed E-state index contributed by atoms with van der Waals surface area (Å²) in [4.78, 5) is 17.9. The quantitative estimate of drug-likeness (QED) is 0.500. The van der Waals surface area contributed by atoms with Crippen LogP contribution in [0.3, 0.4) is 0 Å². The highest BCUT2D eigenvalue weighted by atomic mass is 16.5. The number of aryl methyl sites for hydroxylation is 1. The third-order valence-electron chi connectivity index (χ3n) is 4.97. The minimum atomic E-state index is -0.181. The number of nitrogens with zero attached hydrogens (tertiary/aromatic N) is 4. The molecule has 3 rings (SSSR count). The summed E-state index contributed by atoms with van der Waals surface area (Å²) >= 11 is 0. The molecule has 1 amide bonds. The van der Waals surface area contributed by atoms with Crippen LogP contribution in [0.2, 0.25) is 0 Å². The van der Waals surface area contributed by atoms with Crippen LogP contribution in [0.4, 0.5) is 11.9 Å². The van der Waals surface area contributed by atoms with Gasteiger partial charge in [-0.2, -0.15) is 4.98 Å². The van der Waals surface area contributed by atoms with E-state index in [0.29, 0.717) is 18.5 Å². The SMILES string of the molecule is CC(=O)Nc1nc(NCCCOC2=CCC=C(CN3CCCCC3)C2)n(C)n1. The number of aromatic nitrogens is 3. The highest BCUT2D eigenvalue weighted by molar-refractivity contribution is 5.86. The highest BCUT2D eigenvalue weighted by Gasteiger charge is 2.15. The Morgan fingerprint density at radius 1 is 1.25 bits per heavy atom. The van der Waals surface area contributed by atoms with E-state index >= 15 is 0 Å². The summed E-state index contributed by atoms with van der Waals surface area (Å²) in [7, 11) is 1.79.